The zero-order valence-electron chi connectivity index (χ0n) is 12.9. The number of carbonyl (C=O) groups is 1. The molecule has 2 N–H and O–H groups in total. The Balaban J connectivity index is 0.00000220. The second-order valence-corrected chi connectivity index (χ2v) is 5.57. The van der Waals surface area contributed by atoms with Crippen LogP contribution in [0.25, 0.3) is 0 Å². The van der Waals surface area contributed by atoms with Crippen molar-refractivity contribution in [3.63, 3.8) is 0 Å². The van der Waals surface area contributed by atoms with E-state index in [4.69, 9.17) is 0 Å². The standard InChI is InChI=1S/C15H22FN3O.2ClH/c1-19(2)10-13-7-11(3-4-14(13)16)8-18-15(20)12-5-6-17-9-12;;/h3-4,7,12,17H,5-6,8-10H2,1-2H3,(H,18,20);2*1H. The first-order valence-corrected chi connectivity index (χ1v) is 6.96. The van der Waals surface area contributed by atoms with Crippen molar-refractivity contribution in [3.8, 4) is 0 Å². The Bertz CT molecular complexity index is 480. The summed E-state index contributed by atoms with van der Waals surface area (Å²) < 4.78 is 13.7. The average Bonchev–Trinajstić information content (AvgIpc) is 2.92. The molecular weight excluding hydrogens is 328 g/mol. The van der Waals surface area contributed by atoms with E-state index in [1.54, 1.807) is 6.07 Å². The van der Waals surface area contributed by atoms with E-state index in [1.165, 1.54) is 6.07 Å². The topological polar surface area (TPSA) is 44.4 Å². The molecule has 1 unspecified atom stereocenters. The largest absolute Gasteiger partial charge is 0.352 e. The molecule has 1 fully saturated rings. The monoisotopic (exact) mass is 351 g/mol. The lowest BCUT2D eigenvalue weighted by Crippen LogP contribution is -2.31. The normalized spacial score (nSPS) is 16.8. The molecule has 1 saturated heterocycles. The van der Waals surface area contributed by atoms with Crippen molar-refractivity contribution in [3.05, 3.63) is 35.1 Å². The summed E-state index contributed by atoms with van der Waals surface area (Å²) in [5.41, 5.74) is 1.59. The molecule has 4 nitrogen and oxygen atoms in total. The van der Waals surface area contributed by atoms with Gasteiger partial charge < -0.3 is 15.5 Å². The summed E-state index contributed by atoms with van der Waals surface area (Å²) in [6.45, 7) is 2.67. The summed E-state index contributed by atoms with van der Waals surface area (Å²) in [5.74, 6) is -0.0565. The predicted molar refractivity (Wildman–Crippen MR) is 91.1 cm³/mol. The van der Waals surface area contributed by atoms with E-state index in [1.807, 2.05) is 25.1 Å². The van der Waals surface area contributed by atoms with Gasteiger partial charge in [0.2, 0.25) is 5.91 Å². The van der Waals surface area contributed by atoms with E-state index in [-0.39, 0.29) is 42.5 Å². The number of nitrogens with zero attached hydrogens (tertiary/aromatic N) is 1. The predicted octanol–water partition coefficient (Wildman–Crippen LogP) is 1.96. The molecular formula is C15H24Cl2FN3O. The van der Waals surface area contributed by atoms with Crippen LogP contribution in [0.4, 0.5) is 4.39 Å². The first-order valence-electron chi connectivity index (χ1n) is 6.96. The molecule has 0 radical (unpaired) electrons. The van der Waals surface area contributed by atoms with Gasteiger partial charge >= 0.3 is 0 Å². The first-order chi connectivity index (χ1) is 9.56. The maximum absolute atomic E-state index is 13.7. The number of hydrogen-bond donors (Lipinski definition) is 2. The van der Waals surface area contributed by atoms with Crippen molar-refractivity contribution in [2.24, 2.45) is 5.92 Å². The highest BCUT2D eigenvalue weighted by atomic mass is 35.5. The molecule has 22 heavy (non-hydrogen) atoms. The summed E-state index contributed by atoms with van der Waals surface area (Å²) in [6, 6.07) is 5.02. The van der Waals surface area contributed by atoms with Crippen molar-refractivity contribution < 1.29 is 9.18 Å². The zero-order valence-corrected chi connectivity index (χ0v) is 14.5. The van der Waals surface area contributed by atoms with Crippen LogP contribution >= 0.6 is 24.8 Å². The molecule has 1 aromatic carbocycles. The summed E-state index contributed by atoms with van der Waals surface area (Å²) >= 11 is 0. The molecule has 1 aromatic rings. The van der Waals surface area contributed by atoms with Crippen molar-refractivity contribution in [2.45, 2.75) is 19.5 Å². The Morgan fingerprint density at radius 3 is 2.73 bits per heavy atom. The Hall–Kier alpha value is -0.880. The Morgan fingerprint density at radius 1 is 1.41 bits per heavy atom. The minimum absolute atomic E-state index is 0. The van der Waals surface area contributed by atoms with Gasteiger partial charge in [-0.3, -0.25) is 4.79 Å². The van der Waals surface area contributed by atoms with Crippen LogP contribution in [0.3, 0.4) is 0 Å². The van der Waals surface area contributed by atoms with Crippen LogP contribution in [-0.4, -0.2) is 38.0 Å². The minimum Gasteiger partial charge on any atom is -0.352 e. The van der Waals surface area contributed by atoms with E-state index in [2.05, 4.69) is 10.6 Å². The molecule has 0 spiro atoms. The summed E-state index contributed by atoms with van der Waals surface area (Å²) in [6.07, 6.45) is 0.890. The van der Waals surface area contributed by atoms with Gasteiger partial charge in [0.1, 0.15) is 5.82 Å². The van der Waals surface area contributed by atoms with E-state index in [0.29, 0.717) is 18.7 Å². The zero-order chi connectivity index (χ0) is 14.5. The van der Waals surface area contributed by atoms with Crippen molar-refractivity contribution in [1.82, 2.24) is 15.5 Å². The molecule has 1 aliphatic rings. The van der Waals surface area contributed by atoms with Gasteiger partial charge in [0.15, 0.2) is 0 Å². The fraction of sp³-hybridized carbons (Fsp3) is 0.533. The molecule has 0 bridgehead atoms. The van der Waals surface area contributed by atoms with E-state index in [0.717, 1.165) is 25.1 Å². The molecule has 1 heterocycles. The third-order valence-electron chi connectivity index (χ3n) is 3.49. The van der Waals surface area contributed by atoms with Gasteiger partial charge in [-0.25, -0.2) is 4.39 Å². The fourth-order valence-corrected chi connectivity index (χ4v) is 2.41. The number of rotatable bonds is 5. The van der Waals surface area contributed by atoms with Crippen molar-refractivity contribution >= 4 is 30.7 Å². The fourth-order valence-electron chi connectivity index (χ4n) is 2.41. The molecule has 0 aromatic heterocycles. The quantitative estimate of drug-likeness (QED) is 0.852. The summed E-state index contributed by atoms with van der Waals surface area (Å²) in [7, 11) is 3.81. The first kappa shape index (κ1) is 21.1. The van der Waals surface area contributed by atoms with E-state index < -0.39 is 0 Å². The maximum Gasteiger partial charge on any atom is 0.224 e. The van der Waals surface area contributed by atoms with Gasteiger partial charge in [-0.15, -0.1) is 24.8 Å². The Kier molecular flexibility index (Phi) is 9.60. The van der Waals surface area contributed by atoms with Crippen LogP contribution in [0.15, 0.2) is 18.2 Å². The van der Waals surface area contributed by atoms with Gasteiger partial charge in [0.05, 0.1) is 5.92 Å². The highest BCUT2D eigenvalue weighted by molar-refractivity contribution is 5.85. The molecule has 1 aliphatic heterocycles. The second-order valence-electron chi connectivity index (χ2n) is 5.57. The molecule has 2 rings (SSSR count). The second kappa shape index (κ2) is 10.0. The van der Waals surface area contributed by atoms with Gasteiger partial charge in [-0.2, -0.15) is 0 Å². The van der Waals surface area contributed by atoms with Gasteiger partial charge in [-0.1, -0.05) is 6.07 Å². The summed E-state index contributed by atoms with van der Waals surface area (Å²) in [5, 5.41) is 6.10. The minimum atomic E-state index is -0.200. The van der Waals surface area contributed by atoms with E-state index >= 15 is 0 Å². The highest BCUT2D eigenvalue weighted by Crippen LogP contribution is 2.13. The van der Waals surface area contributed by atoms with Crippen LogP contribution in [0.5, 0.6) is 0 Å². The SMILES string of the molecule is CN(C)Cc1cc(CNC(=O)C2CCNC2)ccc1F.Cl.Cl. The Morgan fingerprint density at radius 2 is 2.14 bits per heavy atom. The molecule has 126 valence electrons. The third-order valence-corrected chi connectivity index (χ3v) is 3.49. The third kappa shape index (κ3) is 6.08. The number of carbonyl (C=O) groups excluding carboxylic acids is 1. The van der Waals surface area contributed by atoms with Gasteiger partial charge in [0.25, 0.3) is 0 Å². The van der Waals surface area contributed by atoms with Crippen LogP contribution < -0.4 is 10.6 Å². The number of amides is 1. The molecule has 1 atom stereocenters. The number of nitrogens with one attached hydrogen (secondary N) is 2. The van der Waals surface area contributed by atoms with Crippen molar-refractivity contribution in [2.75, 3.05) is 27.2 Å². The number of halogens is 3. The smallest absolute Gasteiger partial charge is 0.224 e. The molecule has 7 heteroatoms. The van der Waals surface area contributed by atoms with Crippen molar-refractivity contribution in [1.29, 1.82) is 0 Å². The lowest BCUT2D eigenvalue weighted by atomic mass is 10.1. The average molecular weight is 352 g/mol. The number of benzene rings is 1. The molecule has 0 aliphatic carbocycles. The number of hydrogen-bond acceptors (Lipinski definition) is 3. The lowest BCUT2D eigenvalue weighted by molar-refractivity contribution is -0.124. The Labute approximate surface area is 143 Å². The van der Waals surface area contributed by atoms with Gasteiger partial charge in [0, 0.05) is 25.2 Å². The lowest BCUT2D eigenvalue weighted by Gasteiger charge is -2.13. The van der Waals surface area contributed by atoms with Crippen LogP contribution in [-0.2, 0) is 17.9 Å². The van der Waals surface area contributed by atoms with Crippen LogP contribution in [0.1, 0.15) is 17.5 Å². The van der Waals surface area contributed by atoms with E-state index in [9.17, 15) is 9.18 Å². The molecule has 1 amide bonds. The van der Waals surface area contributed by atoms with Crippen LogP contribution in [0, 0.1) is 11.7 Å². The maximum atomic E-state index is 13.7. The van der Waals surface area contributed by atoms with Gasteiger partial charge in [-0.05, 0) is 44.8 Å². The summed E-state index contributed by atoms with van der Waals surface area (Å²) in [4.78, 5) is 13.8. The van der Waals surface area contributed by atoms with Crippen LogP contribution in [0.2, 0.25) is 0 Å². The molecule has 0 saturated carbocycles. The highest BCUT2D eigenvalue weighted by Gasteiger charge is 2.21.